The molecule has 98 valence electrons. The van der Waals surface area contributed by atoms with Crippen molar-refractivity contribution in [1.82, 2.24) is 0 Å². The molecule has 1 rings (SSSR count). The predicted molar refractivity (Wildman–Crippen MR) is 61.1 cm³/mol. The van der Waals surface area contributed by atoms with Gasteiger partial charge in [-0.1, -0.05) is 0 Å². The Kier molecular flexibility index (Phi) is 15.9. The minimum absolute atomic E-state index is 0. The molecule has 0 aromatic carbocycles. The van der Waals surface area contributed by atoms with Gasteiger partial charge in [0.15, 0.2) is 0 Å². The van der Waals surface area contributed by atoms with E-state index in [0.29, 0.717) is 0 Å². The van der Waals surface area contributed by atoms with Gasteiger partial charge in [0.1, 0.15) is 0 Å². The molecule has 4 heteroatoms. The average molecular weight is 356 g/mol. The van der Waals surface area contributed by atoms with Crippen molar-refractivity contribution in [1.29, 1.82) is 0 Å². The first-order valence-electron chi connectivity index (χ1n) is 6.10. The minimum atomic E-state index is -0.662. The molecule has 0 spiro atoms. The molecule has 1 unspecified atom stereocenters. The van der Waals surface area contributed by atoms with Gasteiger partial charge in [0, 0.05) is 0 Å². The van der Waals surface area contributed by atoms with Crippen LogP contribution in [0, 0.1) is 5.92 Å². The number of hydrogen-bond donors (Lipinski definition) is 0. The van der Waals surface area contributed by atoms with E-state index in [-0.39, 0.29) is 24.8 Å². The van der Waals surface area contributed by atoms with E-state index >= 15 is 0 Å². The van der Waals surface area contributed by atoms with Gasteiger partial charge in [-0.2, -0.15) is 0 Å². The summed E-state index contributed by atoms with van der Waals surface area (Å²) in [6.45, 7) is 5.56. The zero-order chi connectivity index (χ0) is 10.9. The summed E-state index contributed by atoms with van der Waals surface area (Å²) >= 11 is -0.662. The van der Waals surface area contributed by atoms with Gasteiger partial charge in [0.05, 0.1) is 0 Å². The molecule has 0 heterocycles. The molecule has 1 aliphatic carbocycles. The van der Waals surface area contributed by atoms with Gasteiger partial charge >= 0.3 is 106 Å². The monoisotopic (exact) mass is 354 g/mol. The second kappa shape index (κ2) is 13.3. The van der Waals surface area contributed by atoms with Gasteiger partial charge in [-0.3, -0.25) is 0 Å². The van der Waals surface area contributed by atoms with Crippen molar-refractivity contribution in [2.45, 2.75) is 46.0 Å². The molecule has 0 saturated heterocycles. The Balaban J connectivity index is 0. The average Bonchev–Trinajstić information content (AvgIpc) is 2.76. The van der Waals surface area contributed by atoms with Crippen molar-refractivity contribution in [3.05, 3.63) is 21.5 Å². The first-order chi connectivity index (χ1) is 7.36. The van der Waals surface area contributed by atoms with Crippen LogP contribution in [0.2, 0.25) is 0 Å². The molecule has 0 amide bonds. The largest absolute Gasteiger partial charge is 1.00 e. The molecule has 17 heavy (non-hydrogen) atoms. The van der Waals surface area contributed by atoms with Crippen LogP contribution < -0.4 is 24.8 Å². The van der Waals surface area contributed by atoms with Gasteiger partial charge in [-0.15, -0.1) is 0 Å². The van der Waals surface area contributed by atoms with Gasteiger partial charge in [0.25, 0.3) is 0 Å². The Bertz CT molecular complexity index is 229. The second-order valence-corrected chi connectivity index (χ2v) is 6.94. The van der Waals surface area contributed by atoms with E-state index in [1.165, 1.54) is 25.7 Å². The van der Waals surface area contributed by atoms with Gasteiger partial charge in [-0.05, 0) is 0 Å². The Morgan fingerprint density at radius 1 is 1.35 bits per heavy atom. The number of halogens is 2. The van der Waals surface area contributed by atoms with Crippen molar-refractivity contribution in [3.63, 3.8) is 0 Å². The summed E-state index contributed by atoms with van der Waals surface area (Å²) in [5, 5.41) is 0. The van der Waals surface area contributed by atoms with E-state index in [1.807, 2.05) is 0 Å². The fourth-order valence-corrected chi connectivity index (χ4v) is 3.81. The van der Waals surface area contributed by atoms with Crippen LogP contribution in [-0.4, -0.2) is 6.61 Å². The number of hydrogen-bond acceptors (Lipinski definition) is 1. The number of unbranched alkanes of at least 4 members (excludes halogenated alkanes) is 1. The third-order valence-electron chi connectivity index (χ3n) is 2.84. The van der Waals surface area contributed by atoms with Crippen molar-refractivity contribution >= 4 is 0 Å². The molecule has 1 atom stereocenters. The summed E-state index contributed by atoms with van der Waals surface area (Å²) in [5.41, 5.74) is 0. The number of rotatable bonds is 8. The predicted octanol–water partition coefficient (Wildman–Crippen LogP) is -1.93. The van der Waals surface area contributed by atoms with E-state index in [1.54, 1.807) is 3.28 Å². The Morgan fingerprint density at radius 2 is 2.12 bits per heavy atom. The third kappa shape index (κ3) is 9.48. The van der Waals surface area contributed by atoms with Crippen LogP contribution in [0.15, 0.2) is 21.5 Å². The van der Waals surface area contributed by atoms with E-state index in [4.69, 9.17) is 2.81 Å². The summed E-state index contributed by atoms with van der Waals surface area (Å²) in [5.74, 6) is 0.806. The van der Waals surface area contributed by atoms with Crippen LogP contribution in [-0.2, 0) is 26.5 Å². The van der Waals surface area contributed by atoms with Crippen LogP contribution in [0.25, 0.3) is 0 Å². The third-order valence-corrected chi connectivity index (χ3v) is 5.16. The minimum Gasteiger partial charge on any atom is -1.00 e. The molecule has 1 aliphatic rings. The fourth-order valence-electron chi connectivity index (χ4n) is 1.67. The smallest absolute Gasteiger partial charge is 1.00 e. The molecule has 0 bridgehead atoms. The second-order valence-electron chi connectivity index (χ2n) is 4.15. The maximum absolute atomic E-state index is 5.93. The summed E-state index contributed by atoms with van der Waals surface area (Å²) in [6, 6.07) is 0. The van der Waals surface area contributed by atoms with E-state index in [9.17, 15) is 0 Å². The standard InChI is InChI=1S/C8H17O.C5H5.2ClH.Zr/c1-3-5-6-8(4-2)7-9;1-2-4-5-3-1;;;/h8H,3-7H2,1-2H3;1-3H,4H2;2*1H;/q-1;;;;+3/p-2. The van der Waals surface area contributed by atoms with Crippen LogP contribution in [0.5, 0.6) is 0 Å². The molecule has 0 radical (unpaired) electrons. The molecule has 0 N–H and O–H groups in total. The molecule has 0 aromatic heterocycles. The first kappa shape index (κ1) is 20.2. The fraction of sp³-hybridized carbons (Fsp3) is 0.692. The quantitative estimate of drug-likeness (QED) is 0.492. The van der Waals surface area contributed by atoms with Crippen molar-refractivity contribution < 1.29 is 51.3 Å². The number of allylic oxidation sites excluding steroid dienone is 4. The van der Waals surface area contributed by atoms with Crippen molar-refractivity contribution in [2.75, 3.05) is 6.61 Å². The van der Waals surface area contributed by atoms with E-state index in [2.05, 4.69) is 32.1 Å². The summed E-state index contributed by atoms with van der Waals surface area (Å²) < 4.78 is 7.52. The van der Waals surface area contributed by atoms with E-state index in [0.717, 1.165) is 18.9 Å². The van der Waals surface area contributed by atoms with Gasteiger partial charge < -0.3 is 24.8 Å². The Morgan fingerprint density at radius 3 is 2.65 bits per heavy atom. The summed E-state index contributed by atoms with van der Waals surface area (Å²) in [4.78, 5) is 0. The van der Waals surface area contributed by atoms with Crippen LogP contribution >= 0.6 is 0 Å². The molecular weight excluding hydrogens is 334 g/mol. The topological polar surface area (TPSA) is 9.23 Å². The molecule has 1 nitrogen and oxygen atoms in total. The maximum Gasteiger partial charge on any atom is -1.00 e. The Hall–Kier alpha value is 0.903. The van der Waals surface area contributed by atoms with Crippen LogP contribution in [0.4, 0.5) is 0 Å². The van der Waals surface area contributed by atoms with Crippen molar-refractivity contribution in [3.8, 4) is 0 Å². The van der Waals surface area contributed by atoms with Gasteiger partial charge in [0.2, 0.25) is 0 Å². The molecule has 0 saturated carbocycles. The van der Waals surface area contributed by atoms with Crippen molar-refractivity contribution in [2.24, 2.45) is 5.92 Å². The van der Waals surface area contributed by atoms with E-state index < -0.39 is 23.7 Å². The first-order valence-corrected chi connectivity index (χ1v) is 8.33. The zero-order valence-corrected chi connectivity index (χ0v) is 14.7. The Labute approximate surface area is 130 Å². The zero-order valence-electron chi connectivity index (χ0n) is 10.7. The molecule has 0 fully saturated rings. The maximum atomic E-state index is 5.93. The molecule has 0 aromatic rings. The normalized spacial score (nSPS) is 14.4. The summed E-state index contributed by atoms with van der Waals surface area (Å²) in [6.07, 6.45) is 13.1. The SMILES string of the molecule is CCCCC(CC)C[O][Zr+2][C]1=CC=CC1.[Cl-].[Cl-]. The van der Waals surface area contributed by atoms with Crippen LogP contribution in [0.1, 0.15) is 46.0 Å². The van der Waals surface area contributed by atoms with Crippen LogP contribution in [0.3, 0.4) is 0 Å². The summed E-state index contributed by atoms with van der Waals surface area (Å²) in [7, 11) is 0. The molecular formula is C13H22Cl2OZr. The van der Waals surface area contributed by atoms with Gasteiger partial charge in [-0.25, -0.2) is 0 Å². The molecule has 0 aliphatic heterocycles.